The fourth-order valence-corrected chi connectivity index (χ4v) is 3.37. The molecule has 0 aliphatic heterocycles. The first-order valence-corrected chi connectivity index (χ1v) is 8.62. The highest BCUT2D eigenvalue weighted by Gasteiger charge is 2.22. The van der Waals surface area contributed by atoms with Gasteiger partial charge in [0.05, 0.1) is 5.75 Å². The lowest BCUT2D eigenvalue weighted by atomic mass is 9.85. The molecule has 0 unspecified atom stereocenters. The van der Waals surface area contributed by atoms with Gasteiger partial charge in [0.2, 0.25) is 0 Å². The smallest absolute Gasteiger partial charge is 0.313 e. The molecular formula is C16H28N2O2S. The fraction of sp³-hybridized carbons (Fsp3) is 0.750. The van der Waals surface area contributed by atoms with Crippen molar-refractivity contribution in [1.82, 2.24) is 9.55 Å². The number of nitrogens with zero attached hydrogens (tertiary/aromatic N) is 2. The Morgan fingerprint density at radius 1 is 1.24 bits per heavy atom. The minimum absolute atomic E-state index is 0.0581. The van der Waals surface area contributed by atoms with E-state index in [0.717, 1.165) is 11.7 Å². The van der Waals surface area contributed by atoms with Crippen LogP contribution in [0.1, 0.15) is 53.2 Å². The molecule has 0 saturated carbocycles. The maximum absolute atomic E-state index is 10.8. The van der Waals surface area contributed by atoms with Crippen LogP contribution in [0.25, 0.3) is 0 Å². The molecule has 1 rings (SSSR count). The standard InChI is InChI=1S/C16H28N2O2S/c1-10(2)13(11(3)4)8-18-14(12(5)6)7-17-16(18)21-9-15(19)20/h7,10-13H,8-9H2,1-6H3,(H,19,20). The molecule has 1 aromatic heterocycles. The predicted molar refractivity (Wildman–Crippen MR) is 87.8 cm³/mol. The highest BCUT2D eigenvalue weighted by molar-refractivity contribution is 7.99. The van der Waals surface area contributed by atoms with Crippen LogP contribution in [0, 0.1) is 17.8 Å². The predicted octanol–water partition coefficient (Wildman–Crippen LogP) is 4.11. The van der Waals surface area contributed by atoms with Crippen molar-refractivity contribution in [2.75, 3.05) is 5.75 Å². The van der Waals surface area contributed by atoms with E-state index in [0.29, 0.717) is 23.7 Å². The summed E-state index contributed by atoms with van der Waals surface area (Å²) in [7, 11) is 0. The first kappa shape index (κ1) is 18.1. The number of rotatable bonds is 8. The summed E-state index contributed by atoms with van der Waals surface area (Å²) in [5.74, 6) is 1.37. The average molecular weight is 312 g/mol. The second-order valence-electron chi connectivity index (χ2n) is 6.57. The van der Waals surface area contributed by atoms with Crippen molar-refractivity contribution >= 4 is 17.7 Å². The molecule has 5 heteroatoms. The SMILES string of the molecule is CC(C)c1cnc(SCC(=O)O)n1CC(C(C)C)C(C)C. The Kier molecular flexibility index (Phi) is 6.78. The van der Waals surface area contributed by atoms with Gasteiger partial charge in [-0.25, -0.2) is 4.98 Å². The lowest BCUT2D eigenvalue weighted by Crippen LogP contribution is -2.23. The van der Waals surface area contributed by atoms with Gasteiger partial charge in [-0.15, -0.1) is 0 Å². The van der Waals surface area contributed by atoms with E-state index < -0.39 is 5.97 Å². The lowest BCUT2D eigenvalue weighted by molar-refractivity contribution is -0.133. The largest absolute Gasteiger partial charge is 0.481 e. The zero-order chi connectivity index (χ0) is 16.2. The van der Waals surface area contributed by atoms with Gasteiger partial charge in [-0.05, 0) is 23.7 Å². The van der Waals surface area contributed by atoms with Crippen LogP contribution in [0.2, 0.25) is 0 Å². The Hall–Kier alpha value is -0.970. The van der Waals surface area contributed by atoms with Gasteiger partial charge in [-0.2, -0.15) is 0 Å². The van der Waals surface area contributed by atoms with Crippen LogP contribution in [0.3, 0.4) is 0 Å². The van der Waals surface area contributed by atoms with E-state index in [-0.39, 0.29) is 5.75 Å². The molecule has 0 saturated heterocycles. The molecule has 1 N–H and O–H groups in total. The Morgan fingerprint density at radius 3 is 2.24 bits per heavy atom. The van der Waals surface area contributed by atoms with Crippen LogP contribution in [-0.4, -0.2) is 26.4 Å². The van der Waals surface area contributed by atoms with Crippen molar-refractivity contribution in [3.63, 3.8) is 0 Å². The molecule has 0 amide bonds. The Labute approximate surface area is 132 Å². The first-order chi connectivity index (χ1) is 9.73. The van der Waals surface area contributed by atoms with Crippen molar-refractivity contribution in [3.05, 3.63) is 11.9 Å². The Bertz CT molecular complexity index is 459. The molecule has 0 spiro atoms. The maximum atomic E-state index is 10.8. The van der Waals surface area contributed by atoms with E-state index in [4.69, 9.17) is 5.11 Å². The monoisotopic (exact) mass is 312 g/mol. The van der Waals surface area contributed by atoms with Crippen molar-refractivity contribution in [2.24, 2.45) is 17.8 Å². The van der Waals surface area contributed by atoms with Crippen molar-refractivity contribution in [1.29, 1.82) is 0 Å². The molecule has 0 bridgehead atoms. The van der Waals surface area contributed by atoms with E-state index in [9.17, 15) is 4.79 Å². The second kappa shape index (κ2) is 7.87. The summed E-state index contributed by atoms with van der Waals surface area (Å²) in [5, 5.41) is 9.71. The van der Waals surface area contributed by atoms with Gasteiger partial charge in [0.15, 0.2) is 5.16 Å². The van der Waals surface area contributed by atoms with Crippen LogP contribution in [0.5, 0.6) is 0 Å². The molecule has 0 aliphatic carbocycles. The highest BCUT2D eigenvalue weighted by atomic mass is 32.2. The topological polar surface area (TPSA) is 55.1 Å². The maximum Gasteiger partial charge on any atom is 0.313 e. The normalized spacial score (nSPS) is 12.1. The number of aromatic nitrogens is 2. The molecule has 0 fully saturated rings. The number of carboxylic acid groups (broad SMARTS) is 1. The Balaban J connectivity index is 3.05. The summed E-state index contributed by atoms with van der Waals surface area (Å²) in [5.41, 5.74) is 1.19. The lowest BCUT2D eigenvalue weighted by Gasteiger charge is -2.27. The van der Waals surface area contributed by atoms with Crippen LogP contribution in [0.15, 0.2) is 11.4 Å². The van der Waals surface area contributed by atoms with E-state index in [1.54, 1.807) is 0 Å². The summed E-state index contributed by atoms with van der Waals surface area (Å²) in [6.07, 6.45) is 1.90. The number of thioether (sulfide) groups is 1. The van der Waals surface area contributed by atoms with Gasteiger partial charge in [0.1, 0.15) is 0 Å². The molecule has 120 valence electrons. The molecule has 4 nitrogen and oxygen atoms in total. The van der Waals surface area contributed by atoms with E-state index in [2.05, 4.69) is 51.1 Å². The van der Waals surface area contributed by atoms with Gasteiger partial charge in [0.25, 0.3) is 0 Å². The molecule has 0 radical (unpaired) electrons. The molecular weight excluding hydrogens is 284 g/mol. The fourth-order valence-electron chi connectivity index (χ4n) is 2.66. The van der Waals surface area contributed by atoms with Gasteiger partial charge >= 0.3 is 5.97 Å². The number of hydrogen-bond acceptors (Lipinski definition) is 3. The second-order valence-corrected chi connectivity index (χ2v) is 7.51. The number of aliphatic carboxylic acids is 1. The minimum Gasteiger partial charge on any atom is -0.481 e. The summed E-state index contributed by atoms with van der Waals surface area (Å²) < 4.78 is 2.23. The van der Waals surface area contributed by atoms with Gasteiger partial charge < -0.3 is 9.67 Å². The zero-order valence-corrected chi connectivity index (χ0v) is 14.8. The van der Waals surface area contributed by atoms with E-state index in [1.165, 1.54) is 17.5 Å². The third-order valence-electron chi connectivity index (χ3n) is 3.87. The van der Waals surface area contributed by atoms with Gasteiger partial charge in [-0.1, -0.05) is 53.3 Å². The third kappa shape index (κ3) is 5.06. The molecule has 1 aromatic rings. The number of hydrogen-bond donors (Lipinski definition) is 1. The summed E-state index contributed by atoms with van der Waals surface area (Å²) >= 11 is 1.31. The number of carboxylic acids is 1. The zero-order valence-electron chi connectivity index (χ0n) is 14.0. The number of carbonyl (C=O) groups is 1. The Morgan fingerprint density at radius 2 is 1.81 bits per heavy atom. The molecule has 1 heterocycles. The van der Waals surface area contributed by atoms with Crippen LogP contribution in [-0.2, 0) is 11.3 Å². The first-order valence-electron chi connectivity index (χ1n) is 7.64. The van der Waals surface area contributed by atoms with Crippen LogP contribution < -0.4 is 0 Å². The summed E-state index contributed by atoms with van der Waals surface area (Å²) in [6.45, 7) is 14.2. The number of imidazole rings is 1. The summed E-state index contributed by atoms with van der Waals surface area (Å²) in [6, 6.07) is 0. The highest BCUT2D eigenvalue weighted by Crippen LogP contribution is 2.29. The average Bonchev–Trinajstić information content (AvgIpc) is 2.75. The molecule has 0 aromatic carbocycles. The third-order valence-corrected chi connectivity index (χ3v) is 4.85. The van der Waals surface area contributed by atoms with E-state index in [1.807, 2.05) is 6.20 Å². The quantitative estimate of drug-likeness (QED) is 0.734. The van der Waals surface area contributed by atoms with Crippen molar-refractivity contribution in [2.45, 2.75) is 59.2 Å². The van der Waals surface area contributed by atoms with Gasteiger partial charge in [-0.3, -0.25) is 4.79 Å². The van der Waals surface area contributed by atoms with E-state index >= 15 is 0 Å². The molecule has 0 aliphatic rings. The van der Waals surface area contributed by atoms with Crippen LogP contribution in [0.4, 0.5) is 0 Å². The molecule has 21 heavy (non-hydrogen) atoms. The van der Waals surface area contributed by atoms with Crippen molar-refractivity contribution < 1.29 is 9.90 Å². The van der Waals surface area contributed by atoms with Crippen molar-refractivity contribution in [3.8, 4) is 0 Å². The molecule has 0 atom stereocenters. The minimum atomic E-state index is -0.801. The van der Waals surface area contributed by atoms with Gasteiger partial charge in [0, 0.05) is 18.4 Å². The summed E-state index contributed by atoms with van der Waals surface area (Å²) in [4.78, 5) is 15.2. The van der Waals surface area contributed by atoms with Crippen LogP contribution >= 0.6 is 11.8 Å².